The number of benzene rings is 2. The van der Waals surface area contributed by atoms with Gasteiger partial charge in [-0.2, -0.15) is 0 Å². The third-order valence-corrected chi connectivity index (χ3v) is 6.62. The summed E-state index contributed by atoms with van der Waals surface area (Å²) >= 11 is 7.32. The Bertz CT molecular complexity index is 1030. The Morgan fingerprint density at radius 3 is 2.42 bits per heavy atom. The molecule has 1 aliphatic heterocycles. The number of nitrogens with one attached hydrogen (secondary N) is 1. The lowest BCUT2D eigenvalue weighted by Crippen LogP contribution is -2.20. The Morgan fingerprint density at radius 2 is 1.74 bits per heavy atom. The van der Waals surface area contributed by atoms with Crippen molar-refractivity contribution >= 4 is 45.7 Å². The summed E-state index contributed by atoms with van der Waals surface area (Å²) in [6.45, 7) is 0. The topological polar surface area (TPSA) is 53.8 Å². The molecule has 1 fully saturated rings. The highest BCUT2D eigenvalue weighted by molar-refractivity contribution is 8.16. The Balaban J connectivity index is 1.52. The number of amides is 1. The van der Waals surface area contributed by atoms with Gasteiger partial charge in [-0.3, -0.25) is 9.79 Å². The van der Waals surface area contributed by atoms with Gasteiger partial charge in [-0.05, 0) is 49.9 Å². The second-order valence-corrected chi connectivity index (χ2v) is 9.14. The zero-order chi connectivity index (χ0) is 21.8. The molecule has 4 rings (SSSR count). The van der Waals surface area contributed by atoms with Crippen molar-refractivity contribution in [2.75, 3.05) is 11.1 Å². The van der Waals surface area contributed by atoms with E-state index in [9.17, 15) is 13.6 Å². The smallest absolute Gasteiger partial charge is 0.234 e. The maximum Gasteiger partial charge on any atom is 0.234 e. The van der Waals surface area contributed by atoms with E-state index in [1.54, 1.807) is 0 Å². The molecule has 2 aromatic carbocycles. The fraction of sp³-hybridized carbons (Fsp3) is 0.348. The fourth-order valence-electron chi connectivity index (χ4n) is 3.85. The number of hydrogen-bond donors (Lipinski definition) is 1. The van der Waals surface area contributed by atoms with E-state index in [1.807, 2.05) is 24.3 Å². The Morgan fingerprint density at radius 1 is 1.03 bits per heavy atom. The van der Waals surface area contributed by atoms with Gasteiger partial charge in [-0.25, -0.2) is 13.8 Å². The Labute approximate surface area is 189 Å². The van der Waals surface area contributed by atoms with Gasteiger partial charge in [-0.1, -0.05) is 48.3 Å². The molecule has 162 valence electrons. The van der Waals surface area contributed by atoms with Crippen LogP contribution in [0.15, 0.2) is 52.4 Å². The van der Waals surface area contributed by atoms with E-state index in [0.29, 0.717) is 10.1 Å². The first-order chi connectivity index (χ1) is 14.9. The number of carbonyl (C=O) groups is 1. The van der Waals surface area contributed by atoms with Gasteiger partial charge in [0.15, 0.2) is 5.66 Å². The van der Waals surface area contributed by atoms with Crippen LogP contribution < -0.4 is 5.32 Å². The summed E-state index contributed by atoms with van der Waals surface area (Å²) in [5.41, 5.74) is 1.16. The van der Waals surface area contributed by atoms with Crippen molar-refractivity contribution < 1.29 is 13.6 Å². The summed E-state index contributed by atoms with van der Waals surface area (Å²) in [5.74, 6) is -1.85. The lowest BCUT2D eigenvalue weighted by Gasteiger charge is -2.20. The minimum Gasteiger partial charge on any atom is -0.323 e. The summed E-state index contributed by atoms with van der Waals surface area (Å²) in [5, 5.41) is 3.84. The highest BCUT2D eigenvalue weighted by atomic mass is 35.5. The van der Waals surface area contributed by atoms with Crippen LogP contribution in [-0.2, 0) is 4.79 Å². The summed E-state index contributed by atoms with van der Waals surface area (Å²) in [6, 6.07) is 10.5. The van der Waals surface area contributed by atoms with Crippen molar-refractivity contribution in [3.63, 3.8) is 0 Å². The van der Waals surface area contributed by atoms with E-state index in [2.05, 4.69) is 5.32 Å². The summed E-state index contributed by atoms with van der Waals surface area (Å²) in [6.07, 6.45) is 6.28. The maximum absolute atomic E-state index is 13.8. The van der Waals surface area contributed by atoms with E-state index in [-0.39, 0.29) is 11.4 Å². The van der Waals surface area contributed by atoms with Crippen molar-refractivity contribution in [2.24, 2.45) is 9.98 Å². The van der Waals surface area contributed by atoms with Gasteiger partial charge in [0.1, 0.15) is 16.7 Å². The van der Waals surface area contributed by atoms with Gasteiger partial charge < -0.3 is 5.32 Å². The van der Waals surface area contributed by atoms with Gasteiger partial charge in [0.05, 0.1) is 17.2 Å². The van der Waals surface area contributed by atoms with Crippen LogP contribution in [0.4, 0.5) is 14.5 Å². The number of anilines is 1. The SMILES string of the molecule is O=C(CSC1=NC2(CCCCCC2)N=C1c1ccc(Cl)cc1)Nc1ccc(F)cc1F. The molecule has 4 nitrogen and oxygen atoms in total. The first kappa shape index (κ1) is 22.0. The molecule has 8 heteroatoms. The van der Waals surface area contributed by atoms with E-state index < -0.39 is 23.2 Å². The van der Waals surface area contributed by atoms with Crippen LogP contribution in [0.5, 0.6) is 0 Å². The van der Waals surface area contributed by atoms with E-state index in [4.69, 9.17) is 21.6 Å². The molecule has 31 heavy (non-hydrogen) atoms. The average molecular weight is 462 g/mol. The van der Waals surface area contributed by atoms with Gasteiger partial charge in [0.25, 0.3) is 0 Å². The van der Waals surface area contributed by atoms with Crippen LogP contribution >= 0.6 is 23.4 Å². The first-order valence-corrected chi connectivity index (χ1v) is 11.6. The average Bonchev–Trinajstić information content (AvgIpc) is 2.94. The standard InChI is InChI=1S/C23H22ClF2N3OS/c24-16-7-5-15(6-8-16)21-22(29-23(28-21)11-3-1-2-4-12-23)31-14-20(30)27-19-10-9-17(25)13-18(19)26/h5-10,13H,1-4,11-12,14H2,(H,27,30). The zero-order valence-corrected chi connectivity index (χ0v) is 18.4. The lowest BCUT2D eigenvalue weighted by atomic mass is 10.0. The molecule has 0 bridgehead atoms. The molecule has 1 saturated carbocycles. The third kappa shape index (κ3) is 5.33. The van der Waals surface area contributed by atoms with E-state index in [1.165, 1.54) is 30.7 Å². The minimum absolute atomic E-state index is 0.0400. The molecule has 1 heterocycles. The van der Waals surface area contributed by atoms with Crippen LogP contribution in [0.2, 0.25) is 5.02 Å². The number of aliphatic imine (C=N–C) groups is 2. The number of hydrogen-bond acceptors (Lipinski definition) is 4. The van der Waals surface area contributed by atoms with Gasteiger partial charge >= 0.3 is 0 Å². The van der Waals surface area contributed by atoms with Crippen molar-refractivity contribution in [3.05, 3.63) is 64.7 Å². The Hall–Kier alpha value is -2.25. The molecule has 1 aliphatic carbocycles. The van der Waals surface area contributed by atoms with Crippen LogP contribution in [0.3, 0.4) is 0 Å². The molecular formula is C23H22ClF2N3OS. The lowest BCUT2D eigenvalue weighted by molar-refractivity contribution is -0.113. The Kier molecular flexibility index (Phi) is 6.72. The normalized spacial score (nSPS) is 17.8. The summed E-state index contributed by atoms with van der Waals surface area (Å²) < 4.78 is 26.9. The van der Waals surface area contributed by atoms with Crippen molar-refractivity contribution in [3.8, 4) is 0 Å². The number of rotatable bonds is 4. The monoisotopic (exact) mass is 461 g/mol. The maximum atomic E-state index is 13.8. The molecule has 0 saturated heterocycles. The zero-order valence-electron chi connectivity index (χ0n) is 16.8. The molecule has 1 spiro atoms. The molecule has 0 atom stereocenters. The first-order valence-electron chi connectivity index (χ1n) is 10.3. The second kappa shape index (κ2) is 9.49. The molecule has 0 radical (unpaired) electrons. The summed E-state index contributed by atoms with van der Waals surface area (Å²) in [4.78, 5) is 22.4. The highest BCUT2D eigenvalue weighted by Crippen LogP contribution is 2.38. The molecule has 0 unspecified atom stereocenters. The molecule has 1 N–H and O–H groups in total. The van der Waals surface area contributed by atoms with E-state index >= 15 is 0 Å². The summed E-state index contributed by atoms with van der Waals surface area (Å²) in [7, 11) is 0. The predicted molar refractivity (Wildman–Crippen MR) is 123 cm³/mol. The van der Waals surface area contributed by atoms with Crippen molar-refractivity contribution in [1.82, 2.24) is 0 Å². The van der Waals surface area contributed by atoms with Gasteiger partial charge in [0.2, 0.25) is 5.91 Å². The minimum atomic E-state index is -0.808. The van der Waals surface area contributed by atoms with Crippen molar-refractivity contribution in [2.45, 2.75) is 44.2 Å². The number of thioether (sulfide) groups is 1. The van der Waals surface area contributed by atoms with Crippen LogP contribution in [0.1, 0.15) is 44.1 Å². The third-order valence-electron chi connectivity index (χ3n) is 5.40. The highest BCUT2D eigenvalue weighted by Gasteiger charge is 2.37. The van der Waals surface area contributed by atoms with Crippen LogP contribution in [0.25, 0.3) is 0 Å². The fourth-order valence-corrected chi connectivity index (χ4v) is 4.85. The van der Waals surface area contributed by atoms with Gasteiger partial charge in [-0.15, -0.1) is 0 Å². The molecule has 0 aromatic heterocycles. The number of carbonyl (C=O) groups excluding carboxylic acids is 1. The number of nitrogens with zero attached hydrogens (tertiary/aromatic N) is 2. The van der Waals surface area contributed by atoms with Gasteiger partial charge in [0, 0.05) is 16.7 Å². The predicted octanol–water partition coefficient (Wildman–Crippen LogP) is 6.24. The molecule has 2 aliphatic rings. The second-order valence-electron chi connectivity index (χ2n) is 7.74. The largest absolute Gasteiger partial charge is 0.323 e. The van der Waals surface area contributed by atoms with E-state index in [0.717, 1.165) is 49.1 Å². The molecule has 1 amide bonds. The van der Waals surface area contributed by atoms with Crippen LogP contribution in [-0.4, -0.2) is 28.1 Å². The number of halogens is 3. The molecular weight excluding hydrogens is 440 g/mol. The molecule has 2 aromatic rings. The van der Waals surface area contributed by atoms with Crippen LogP contribution in [0, 0.1) is 11.6 Å². The van der Waals surface area contributed by atoms with Crippen molar-refractivity contribution in [1.29, 1.82) is 0 Å². The quantitative estimate of drug-likeness (QED) is 0.585.